The fourth-order valence-electron chi connectivity index (χ4n) is 4.40. The van der Waals surface area contributed by atoms with Crippen molar-refractivity contribution in [1.82, 2.24) is 15.1 Å². The van der Waals surface area contributed by atoms with Gasteiger partial charge in [-0.25, -0.2) is 0 Å². The van der Waals surface area contributed by atoms with E-state index in [2.05, 4.69) is 22.3 Å². The van der Waals surface area contributed by atoms with Crippen LogP contribution in [0.3, 0.4) is 0 Å². The van der Waals surface area contributed by atoms with E-state index in [1.54, 1.807) is 17.0 Å². The number of carbonyl (C=O) groups is 2. The van der Waals surface area contributed by atoms with Crippen molar-refractivity contribution in [2.24, 2.45) is 0 Å². The molecule has 0 atom stereocenters. The minimum Gasteiger partial charge on any atom is -0.366 e. The van der Waals surface area contributed by atoms with Gasteiger partial charge in [0.15, 0.2) is 0 Å². The molecule has 0 spiro atoms. The lowest BCUT2D eigenvalue weighted by Gasteiger charge is -2.34. The van der Waals surface area contributed by atoms with Crippen LogP contribution in [0.1, 0.15) is 28.8 Å². The monoisotopic (exact) mass is 451 g/mol. The van der Waals surface area contributed by atoms with E-state index in [4.69, 9.17) is 0 Å². The Bertz CT molecular complexity index is 999. The zero-order valence-electron chi connectivity index (χ0n) is 18.6. The lowest BCUT2D eigenvalue weighted by Crippen LogP contribution is -2.50. The van der Waals surface area contributed by atoms with E-state index in [1.165, 1.54) is 11.6 Å². The lowest BCUT2D eigenvalue weighted by atomic mass is 10.1. The molecule has 2 aromatic carbocycles. The molecular formula is C24H29N5O4. The van der Waals surface area contributed by atoms with Crippen LogP contribution in [0.2, 0.25) is 0 Å². The van der Waals surface area contributed by atoms with Gasteiger partial charge in [0.2, 0.25) is 5.91 Å². The number of nitrogens with zero attached hydrogens (tertiary/aromatic N) is 4. The Morgan fingerprint density at radius 3 is 2.30 bits per heavy atom. The number of nitrogens with one attached hydrogen (secondary N) is 1. The molecule has 9 nitrogen and oxygen atoms in total. The SMILES string of the molecule is O=C(NCC(=O)N1CCN(Cc2ccccc2)CC1)c1ccc(N2CCCC2)c([N+](=O)[O-])c1. The first-order valence-corrected chi connectivity index (χ1v) is 11.4. The normalized spacial score (nSPS) is 16.6. The number of benzene rings is 2. The van der Waals surface area contributed by atoms with Gasteiger partial charge in [0, 0.05) is 57.4 Å². The van der Waals surface area contributed by atoms with Crippen LogP contribution in [0, 0.1) is 10.1 Å². The van der Waals surface area contributed by atoms with E-state index in [1.807, 2.05) is 23.1 Å². The molecule has 0 saturated carbocycles. The van der Waals surface area contributed by atoms with Gasteiger partial charge in [-0.15, -0.1) is 0 Å². The lowest BCUT2D eigenvalue weighted by molar-refractivity contribution is -0.384. The van der Waals surface area contributed by atoms with Gasteiger partial charge in [0.1, 0.15) is 5.69 Å². The van der Waals surface area contributed by atoms with Crippen molar-refractivity contribution < 1.29 is 14.5 Å². The largest absolute Gasteiger partial charge is 0.366 e. The molecule has 33 heavy (non-hydrogen) atoms. The van der Waals surface area contributed by atoms with E-state index in [9.17, 15) is 19.7 Å². The number of nitro benzene ring substituents is 1. The molecule has 0 bridgehead atoms. The summed E-state index contributed by atoms with van der Waals surface area (Å²) in [5.41, 5.74) is 1.89. The minimum absolute atomic E-state index is 0.0783. The highest BCUT2D eigenvalue weighted by molar-refractivity contribution is 5.97. The molecular weight excluding hydrogens is 422 g/mol. The number of piperazine rings is 1. The maximum absolute atomic E-state index is 12.6. The molecule has 9 heteroatoms. The van der Waals surface area contributed by atoms with E-state index < -0.39 is 10.8 Å². The van der Waals surface area contributed by atoms with Crippen LogP contribution in [0.5, 0.6) is 0 Å². The Labute approximate surface area is 193 Å². The molecule has 2 fully saturated rings. The average Bonchev–Trinajstić information content (AvgIpc) is 3.38. The van der Waals surface area contributed by atoms with Gasteiger partial charge in [0.25, 0.3) is 11.6 Å². The van der Waals surface area contributed by atoms with Gasteiger partial charge in [0.05, 0.1) is 11.5 Å². The van der Waals surface area contributed by atoms with Crippen LogP contribution < -0.4 is 10.2 Å². The van der Waals surface area contributed by atoms with Crippen molar-refractivity contribution in [3.63, 3.8) is 0 Å². The Balaban J connectivity index is 1.28. The van der Waals surface area contributed by atoms with Crippen LogP contribution in [-0.2, 0) is 11.3 Å². The number of hydrogen-bond acceptors (Lipinski definition) is 6. The quantitative estimate of drug-likeness (QED) is 0.512. The van der Waals surface area contributed by atoms with Crippen LogP contribution in [0.25, 0.3) is 0 Å². The molecule has 2 saturated heterocycles. The molecule has 0 unspecified atom stereocenters. The highest BCUT2D eigenvalue weighted by Gasteiger charge is 2.25. The summed E-state index contributed by atoms with van der Waals surface area (Å²) in [4.78, 5) is 42.3. The number of nitro groups is 1. The molecule has 2 aliphatic heterocycles. The van der Waals surface area contributed by atoms with Crippen molar-refractivity contribution in [1.29, 1.82) is 0 Å². The maximum Gasteiger partial charge on any atom is 0.293 e. The number of amides is 2. The van der Waals surface area contributed by atoms with Gasteiger partial charge in [-0.2, -0.15) is 0 Å². The van der Waals surface area contributed by atoms with Gasteiger partial charge in [-0.3, -0.25) is 24.6 Å². The molecule has 1 N–H and O–H groups in total. The predicted octanol–water partition coefficient (Wildman–Crippen LogP) is 2.27. The number of anilines is 1. The number of carbonyl (C=O) groups excluding carboxylic acids is 2. The second kappa shape index (κ2) is 10.4. The Hall–Kier alpha value is -3.46. The minimum atomic E-state index is -0.484. The summed E-state index contributed by atoms with van der Waals surface area (Å²) in [5, 5.41) is 14.2. The summed E-state index contributed by atoms with van der Waals surface area (Å²) < 4.78 is 0. The van der Waals surface area contributed by atoms with Gasteiger partial charge in [-0.05, 0) is 30.5 Å². The molecule has 0 aliphatic carbocycles. The molecule has 2 aliphatic rings. The summed E-state index contributed by atoms with van der Waals surface area (Å²) in [6.07, 6.45) is 2.00. The van der Waals surface area contributed by atoms with Crippen LogP contribution in [0.15, 0.2) is 48.5 Å². The van der Waals surface area contributed by atoms with E-state index in [0.29, 0.717) is 18.8 Å². The smallest absolute Gasteiger partial charge is 0.293 e. The second-order valence-corrected chi connectivity index (χ2v) is 8.48. The zero-order chi connectivity index (χ0) is 23.2. The first kappa shape index (κ1) is 22.7. The Morgan fingerprint density at radius 2 is 1.64 bits per heavy atom. The Morgan fingerprint density at radius 1 is 0.939 bits per heavy atom. The summed E-state index contributed by atoms with van der Waals surface area (Å²) in [6.45, 7) is 5.05. The summed E-state index contributed by atoms with van der Waals surface area (Å²) in [7, 11) is 0. The predicted molar refractivity (Wildman–Crippen MR) is 125 cm³/mol. The summed E-state index contributed by atoms with van der Waals surface area (Å²) in [6, 6.07) is 14.7. The summed E-state index contributed by atoms with van der Waals surface area (Å²) in [5.74, 6) is -0.631. The first-order chi connectivity index (χ1) is 16.0. The number of rotatable bonds is 7. The third-order valence-electron chi connectivity index (χ3n) is 6.26. The number of hydrogen-bond donors (Lipinski definition) is 1. The third-order valence-corrected chi connectivity index (χ3v) is 6.26. The van der Waals surface area contributed by atoms with E-state index in [-0.39, 0.29) is 23.7 Å². The first-order valence-electron chi connectivity index (χ1n) is 11.4. The third kappa shape index (κ3) is 5.67. The molecule has 2 amide bonds. The standard InChI is InChI=1S/C24H29N5O4/c30-23(28-14-12-26(13-15-28)18-19-6-2-1-3-7-19)17-25-24(31)20-8-9-21(22(16-20)29(32)33)27-10-4-5-11-27/h1-3,6-9,16H,4-5,10-15,17-18H2,(H,25,31). The van der Waals surface area contributed by atoms with Gasteiger partial charge < -0.3 is 15.1 Å². The van der Waals surface area contributed by atoms with Gasteiger partial charge >= 0.3 is 0 Å². The fourth-order valence-corrected chi connectivity index (χ4v) is 4.40. The zero-order valence-corrected chi connectivity index (χ0v) is 18.6. The van der Waals surface area contributed by atoms with Crippen LogP contribution in [0.4, 0.5) is 11.4 Å². The fraction of sp³-hybridized carbons (Fsp3) is 0.417. The van der Waals surface area contributed by atoms with Crippen molar-refractivity contribution in [3.8, 4) is 0 Å². The maximum atomic E-state index is 12.6. The van der Waals surface area contributed by atoms with E-state index in [0.717, 1.165) is 45.6 Å². The molecule has 2 heterocycles. The van der Waals surface area contributed by atoms with Crippen LogP contribution >= 0.6 is 0 Å². The highest BCUT2D eigenvalue weighted by Crippen LogP contribution is 2.31. The second-order valence-electron chi connectivity index (χ2n) is 8.48. The van der Waals surface area contributed by atoms with Crippen molar-refractivity contribution in [2.45, 2.75) is 19.4 Å². The molecule has 4 rings (SSSR count). The summed E-state index contributed by atoms with van der Waals surface area (Å²) >= 11 is 0. The average molecular weight is 452 g/mol. The van der Waals surface area contributed by atoms with Crippen molar-refractivity contribution >= 4 is 23.2 Å². The van der Waals surface area contributed by atoms with E-state index >= 15 is 0 Å². The topological polar surface area (TPSA) is 99.0 Å². The van der Waals surface area contributed by atoms with Crippen molar-refractivity contribution in [2.75, 3.05) is 50.7 Å². The van der Waals surface area contributed by atoms with Crippen molar-refractivity contribution in [3.05, 3.63) is 69.8 Å². The van der Waals surface area contributed by atoms with Gasteiger partial charge in [-0.1, -0.05) is 30.3 Å². The highest BCUT2D eigenvalue weighted by atomic mass is 16.6. The Kier molecular flexibility index (Phi) is 7.19. The molecule has 0 aromatic heterocycles. The molecule has 174 valence electrons. The molecule has 2 aromatic rings. The van der Waals surface area contributed by atoms with Crippen LogP contribution in [-0.4, -0.2) is 72.4 Å². The molecule has 0 radical (unpaired) electrons.